The molecule has 0 aliphatic heterocycles. The summed E-state index contributed by atoms with van der Waals surface area (Å²) in [5, 5.41) is 3.93. The number of pyridine rings is 1. The highest BCUT2D eigenvalue weighted by atomic mass is 16.5. The van der Waals surface area contributed by atoms with Gasteiger partial charge in [0, 0.05) is 44.7 Å². The highest BCUT2D eigenvalue weighted by Crippen LogP contribution is 2.36. The standard InChI is InChI=1S/C24H33N3O3/c1-24(2,30-5)23(29)25-15-16-10-12-17(13-11-16)21-14-19(22(28)27(3)4)18-8-6-7-9-20(18)26-21/h6-9,14,16-17H,10-13,15H2,1-5H3,(H,25,29). The summed E-state index contributed by atoms with van der Waals surface area (Å²) in [7, 11) is 5.11. The lowest BCUT2D eigenvalue weighted by Crippen LogP contribution is -2.45. The van der Waals surface area contributed by atoms with Crippen LogP contribution in [-0.4, -0.2) is 55.0 Å². The van der Waals surface area contributed by atoms with Gasteiger partial charge in [-0.2, -0.15) is 0 Å². The molecule has 1 heterocycles. The van der Waals surface area contributed by atoms with Crippen molar-refractivity contribution < 1.29 is 14.3 Å². The van der Waals surface area contributed by atoms with E-state index in [1.54, 1.807) is 40.0 Å². The Labute approximate surface area is 179 Å². The Balaban J connectivity index is 1.70. The molecule has 6 nitrogen and oxygen atoms in total. The number of benzene rings is 1. The molecule has 0 saturated heterocycles. The molecule has 6 heteroatoms. The number of methoxy groups -OCH3 is 1. The summed E-state index contributed by atoms with van der Waals surface area (Å²) in [6, 6.07) is 9.83. The molecule has 1 N–H and O–H groups in total. The molecular formula is C24H33N3O3. The number of amides is 2. The number of fused-ring (bicyclic) bond motifs is 1. The quantitative estimate of drug-likeness (QED) is 0.786. The molecule has 0 unspecified atom stereocenters. The molecule has 0 bridgehead atoms. The van der Waals surface area contributed by atoms with Crippen molar-refractivity contribution in [1.29, 1.82) is 0 Å². The normalized spacial score (nSPS) is 19.5. The Bertz CT molecular complexity index is 915. The Morgan fingerprint density at radius 1 is 1.17 bits per heavy atom. The highest BCUT2D eigenvalue weighted by Gasteiger charge is 2.29. The van der Waals surface area contributed by atoms with Crippen molar-refractivity contribution in [2.24, 2.45) is 5.92 Å². The summed E-state index contributed by atoms with van der Waals surface area (Å²) in [6.07, 6.45) is 4.08. The molecule has 1 fully saturated rings. The minimum atomic E-state index is -0.804. The van der Waals surface area contributed by atoms with Gasteiger partial charge in [0.15, 0.2) is 0 Å². The predicted molar refractivity (Wildman–Crippen MR) is 119 cm³/mol. The number of nitrogens with zero attached hydrogens (tertiary/aromatic N) is 2. The second-order valence-corrected chi connectivity index (χ2v) is 8.95. The second-order valence-electron chi connectivity index (χ2n) is 8.95. The first-order chi connectivity index (χ1) is 14.2. The summed E-state index contributed by atoms with van der Waals surface area (Å²) < 4.78 is 5.25. The van der Waals surface area contributed by atoms with E-state index in [1.807, 2.05) is 30.3 Å². The summed E-state index contributed by atoms with van der Waals surface area (Å²) in [4.78, 5) is 31.5. The third-order valence-electron chi connectivity index (χ3n) is 6.25. The number of carbonyl (C=O) groups excluding carboxylic acids is 2. The zero-order valence-corrected chi connectivity index (χ0v) is 18.7. The third-order valence-corrected chi connectivity index (χ3v) is 6.25. The van der Waals surface area contributed by atoms with Crippen LogP contribution < -0.4 is 5.32 Å². The van der Waals surface area contributed by atoms with E-state index in [0.29, 0.717) is 18.4 Å². The number of para-hydroxylation sites is 1. The van der Waals surface area contributed by atoms with Crippen LogP contribution in [0.15, 0.2) is 30.3 Å². The summed E-state index contributed by atoms with van der Waals surface area (Å²) in [5.41, 5.74) is 1.79. The van der Waals surface area contributed by atoms with Crippen molar-refractivity contribution in [3.63, 3.8) is 0 Å². The highest BCUT2D eigenvalue weighted by molar-refractivity contribution is 6.06. The van der Waals surface area contributed by atoms with E-state index < -0.39 is 5.60 Å². The van der Waals surface area contributed by atoms with Gasteiger partial charge in [0.05, 0.1) is 11.1 Å². The van der Waals surface area contributed by atoms with Crippen LogP contribution in [0.4, 0.5) is 0 Å². The molecule has 162 valence electrons. The average Bonchev–Trinajstić information content (AvgIpc) is 2.76. The van der Waals surface area contributed by atoms with E-state index in [0.717, 1.165) is 47.8 Å². The molecule has 0 spiro atoms. The van der Waals surface area contributed by atoms with Crippen molar-refractivity contribution in [1.82, 2.24) is 15.2 Å². The maximum atomic E-state index is 12.7. The van der Waals surface area contributed by atoms with E-state index in [4.69, 9.17) is 9.72 Å². The van der Waals surface area contributed by atoms with Gasteiger partial charge in [-0.15, -0.1) is 0 Å². The fourth-order valence-electron chi connectivity index (χ4n) is 4.03. The monoisotopic (exact) mass is 411 g/mol. The minimum absolute atomic E-state index is 0.00649. The molecule has 30 heavy (non-hydrogen) atoms. The van der Waals surface area contributed by atoms with Gasteiger partial charge in [0.2, 0.25) is 0 Å². The number of ether oxygens (including phenoxy) is 1. The number of hydrogen-bond acceptors (Lipinski definition) is 4. The smallest absolute Gasteiger partial charge is 0.254 e. The largest absolute Gasteiger partial charge is 0.369 e. The van der Waals surface area contributed by atoms with Crippen molar-refractivity contribution in [2.45, 2.75) is 51.0 Å². The van der Waals surface area contributed by atoms with Crippen LogP contribution in [0.5, 0.6) is 0 Å². The topological polar surface area (TPSA) is 71.5 Å². The first-order valence-electron chi connectivity index (χ1n) is 10.7. The molecule has 2 amide bonds. The zero-order valence-electron chi connectivity index (χ0n) is 18.7. The van der Waals surface area contributed by atoms with E-state index in [-0.39, 0.29) is 11.8 Å². The predicted octanol–water partition coefficient (Wildman–Crippen LogP) is 3.75. The molecule has 1 aliphatic carbocycles. The van der Waals surface area contributed by atoms with Gasteiger partial charge in [-0.3, -0.25) is 14.6 Å². The van der Waals surface area contributed by atoms with E-state index >= 15 is 0 Å². The van der Waals surface area contributed by atoms with Crippen LogP contribution in [-0.2, 0) is 9.53 Å². The van der Waals surface area contributed by atoms with Gasteiger partial charge in [-0.1, -0.05) is 18.2 Å². The molecule has 3 rings (SSSR count). The number of nitrogens with one attached hydrogen (secondary N) is 1. The van der Waals surface area contributed by atoms with Crippen LogP contribution in [0.25, 0.3) is 10.9 Å². The van der Waals surface area contributed by atoms with Gasteiger partial charge in [-0.05, 0) is 57.6 Å². The number of aromatic nitrogens is 1. The lowest BCUT2D eigenvalue weighted by atomic mass is 9.80. The van der Waals surface area contributed by atoms with Crippen molar-refractivity contribution >= 4 is 22.7 Å². The molecule has 1 aromatic heterocycles. The first kappa shape index (κ1) is 22.2. The molecule has 1 saturated carbocycles. The average molecular weight is 412 g/mol. The Morgan fingerprint density at radius 3 is 2.47 bits per heavy atom. The fourth-order valence-corrected chi connectivity index (χ4v) is 4.03. The van der Waals surface area contributed by atoms with Gasteiger partial charge in [0.25, 0.3) is 11.8 Å². The number of carbonyl (C=O) groups is 2. The van der Waals surface area contributed by atoms with E-state index in [1.165, 1.54) is 0 Å². The molecule has 2 aromatic rings. The first-order valence-corrected chi connectivity index (χ1v) is 10.7. The van der Waals surface area contributed by atoms with Gasteiger partial charge >= 0.3 is 0 Å². The lowest BCUT2D eigenvalue weighted by molar-refractivity contribution is -0.139. The summed E-state index contributed by atoms with van der Waals surface area (Å²) >= 11 is 0. The van der Waals surface area contributed by atoms with Crippen molar-refractivity contribution in [2.75, 3.05) is 27.7 Å². The summed E-state index contributed by atoms with van der Waals surface area (Å²) in [6.45, 7) is 4.22. The van der Waals surface area contributed by atoms with Crippen LogP contribution in [0.1, 0.15) is 61.5 Å². The molecule has 1 aromatic carbocycles. The zero-order chi connectivity index (χ0) is 21.9. The van der Waals surface area contributed by atoms with Crippen molar-refractivity contribution in [3.8, 4) is 0 Å². The maximum absolute atomic E-state index is 12.7. The lowest BCUT2D eigenvalue weighted by Gasteiger charge is -2.30. The van der Waals surface area contributed by atoms with Crippen LogP contribution in [0.3, 0.4) is 0 Å². The molecule has 1 aliphatic rings. The van der Waals surface area contributed by atoms with Gasteiger partial charge in [0.1, 0.15) is 5.60 Å². The van der Waals surface area contributed by atoms with Crippen LogP contribution in [0.2, 0.25) is 0 Å². The molecular weight excluding hydrogens is 378 g/mol. The minimum Gasteiger partial charge on any atom is -0.369 e. The number of hydrogen-bond donors (Lipinski definition) is 1. The SMILES string of the molecule is COC(C)(C)C(=O)NCC1CCC(c2cc(C(=O)N(C)C)c3ccccc3n2)CC1. The fraction of sp³-hybridized carbons (Fsp3) is 0.542. The second kappa shape index (κ2) is 9.13. The van der Waals surface area contributed by atoms with Crippen LogP contribution >= 0.6 is 0 Å². The Hall–Kier alpha value is -2.47. The van der Waals surface area contributed by atoms with Gasteiger partial charge < -0.3 is 15.0 Å². The number of rotatable bonds is 6. The molecule has 0 radical (unpaired) electrons. The maximum Gasteiger partial charge on any atom is 0.254 e. The van der Waals surface area contributed by atoms with Crippen LogP contribution in [0, 0.1) is 5.92 Å². The van der Waals surface area contributed by atoms with Crippen molar-refractivity contribution in [3.05, 3.63) is 41.6 Å². The third kappa shape index (κ3) is 4.81. The molecule has 0 atom stereocenters. The van der Waals surface area contributed by atoms with E-state index in [2.05, 4.69) is 5.32 Å². The Morgan fingerprint density at radius 2 is 1.83 bits per heavy atom. The van der Waals surface area contributed by atoms with Gasteiger partial charge in [-0.25, -0.2) is 0 Å². The van der Waals surface area contributed by atoms with E-state index in [9.17, 15) is 9.59 Å². The Kier molecular flexibility index (Phi) is 6.76. The summed E-state index contributed by atoms with van der Waals surface area (Å²) in [5.74, 6) is 0.731.